The number of carbonyl (C=O) groups is 1. The molecule has 20 heavy (non-hydrogen) atoms. The molecule has 0 bridgehead atoms. The highest BCUT2D eigenvalue weighted by atomic mass is 16.2. The average molecular weight is 273 g/mol. The fourth-order valence-corrected chi connectivity index (χ4v) is 1.99. The van der Waals surface area contributed by atoms with Crippen molar-refractivity contribution >= 4 is 11.6 Å². The Morgan fingerprint density at radius 1 is 1.10 bits per heavy atom. The largest absolute Gasteiger partial charge is 0.384 e. The van der Waals surface area contributed by atoms with E-state index in [2.05, 4.69) is 0 Å². The predicted molar refractivity (Wildman–Crippen MR) is 75.8 cm³/mol. The van der Waals surface area contributed by atoms with Gasteiger partial charge in [-0.05, 0) is 5.56 Å². The van der Waals surface area contributed by atoms with Crippen LogP contribution in [0.3, 0.4) is 0 Å². The first-order valence-corrected chi connectivity index (χ1v) is 6.06. The molecule has 0 saturated heterocycles. The van der Waals surface area contributed by atoms with Gasteiger partial charge in [0.2, 0.25) is 0 Å². The highest BCUT2D eigenvalue weighted by Crippen LogP contribution is 2.09. The van der Waals surface area contributed by atoms with Crippen LogP contribution in [0.1, 0.15) is 15.9 Å². The van der Waals surface area contributed by atoms with Crippen molar-refractivity contribution in [2.24, 2.45) is 14.1 Å². The third kappa shape index (κ3) is 2.27. The smallest absolute Gasteiger partial charge is 0.332 e. The van der Waals surface area contributed by atoms with Crippen LogP contribution >= 0.6 is 0 Å². The van der Waals surface area contributed by atoms with Gasteiger partial charge in [0.15, 0.2) is 5.78 Å². The summed E-state index contributed by atoms with van der Waals surface area (Å²) in [5.74, 6) is -0.496. The highest BCUT2D eigenvalue weighted by Gasteiger charge is 2.20. The van der Waals surface area contributed by atoms with Crippen LogP contribution in [0, 0.1) is 0 Å². The Balaban J connectivity index is 2.51. The number of hydrogen-bond acceptors (Lipinski definition) is 4. The summed E-state index contributed by atoms with van der Waals surface area (Å²) in [6.45, 7) is 0. The lowest BCUT2D eigenvalue weighted by atomic mass is 10.0. The Hall–Kier alpha value is -2.63. The third-order valence-corrected chi connectivity index (χ3v) is 3.20. The van der Waals surface area contributed by atoms with E-state index in [4.69, 9.17) is 5.73 Å². The first-order chi connectivity index (χ1) is 9.43. The highest BCUT2D eigenvalue weighted by molar-refractivity contribution is 6.00. The van der Waals surface area contributed by atoms with Gasteiger partial charge in [0.05, 0.1) is 0 Å². The number of anilines is 1. The summed E-state index contributed by atoms with van der Waals surface area (Å²) in [5, 5.41) is 0. The van der Waals surface area contributed by atoms with Gasteiger partial charge >= 0.3 is 5.69 Å². The predicted octanol–water partition coefficient (Wildman–Crippen LogP) is 0.0916. The summed E-state index contributed by atoms with van der Waals surface area (Å²) in [5.41, 5.74) is 5.17. The zero-order valence-corrected chi connectivity index (χ0v) is 11.3. The molecule has 6 heteroatoms. The number of nitrogens with two attached hydrogens (primary N) is 1. The van der Waals surface area contributed by atoms with Crippen molar-refractivity contribution in [3.63, 3.8) is 0 Å². The number of ketones is 1. The number of rotatable bonds is 3. The van der Waals surface area contributed by atoms with E-state index >= 15 is 0 Å². The van der Waals surface area contributed by atoms with E-state index in [-0.39, 0.29) is 17.8 Å². The Bertz CT molecular complexity index is 773. The van der Waals surface area contributed by atoms with Crippen LogP contribution in [0.4, 0.5) is 5.82 Å². The molecule has 0 saturated carbocycles. The molecule has 0 radical (unpaired) electrons. The fourth-order valence-electron chi connectivity index (χ4n) is 1.99. The monoisotopic (exact) mass is 273 g/mol. The zero-order valence-electron chi connectivity index (χ0n) is 11.3. The molecule has 2 N–H and O–H groups in total. The quantitative estimate of drug-likeness (QED) is 0.803. The Kier molecular flexibility index (Phi) is 3.56. The first-order valence-electron chi connectivity index (χ1n) is 6.06. The summed E-state index contributed by atoms with van der Waals surface area (Å²) in [4.78, 5) is 36.0. The second-order valence-electron chi connectivity index (χ2n) is 4.55. The van der Waals surface area contributed by atoms with Crippen molar-refractivity contribution in [1.29, 1.82) is 0 Å². The van der Waals surface area contributed by atoms with Gasteiger partial charge in [-0.15, -0.1) is 0 Å². The zero-order chi connectivity index (χ0) is 14.9. The van der Waals surface area contributed by atoms with E-state index in [0.717, 1.165) is 14.7 Å². The molecule has 0 aliphatic carbocycles. The molecule has 1 aromatic heterocycles. The standard InChI is InChI=1S/C14H15N3O3/c1-16-12(15)11(13(19)17(2)14(16)20)10(18)8-9-6-4-3-5-7-9/h3-7H,8,15H2,1-2H3. The van der Waals surface area contributed by atoms with E-state index in [9.17, 15) is 14.4 Å². The molecular formula is C14H15N3O3. The molecule has 1 aromatic carbocycles. The van der Waals surface area contributed by atoms with Gasteiger partial charge in [-0.3, -0.25) is 18.7 Å². The SMILES string of the molecule is Cn1c(N)c(C(=O)Cc2ccccc2)c(=O)n(C)c1=O. The molecule has 0 aliphatic heterocycles. The summed E-state index contributed by atoms with van der Waals surface area (Å²) < 4.78 is 1.98. The minimum Gasteiger partial charge on any atom is -0.384 e. The lowest BCUT2D eigenvalue weighted by Gasteiger charge is -2.10. The molecule has 104 valence electrons. The van der Waals surface area contributed by atoms with Gasteiger partial charge < -0.3 is 5.73 Å². The maximum Gasteiger partial charge on any atom is 0.332 e. The molecule has 0 unspecified atom stereocenters. The third-order valence-electron chi connectivity index (χ3n) is 3.20. The van der Waals surface area contributed by atoms with Crippen LogP contribution in [0.25, 0.3) is 0 Å². The van der Waals surface area contributed by atoms with Gasteiger partial charge in [-0.25, -0.2) is 4.79 Å². The molecule has 0 amide bonds. The summed E-state index contributed by atoms with van der Waals surface area (Å²) in [6, 6.07) is 9.05. The maximum atomic E-state index is 12.3. The normalized spacial score (nSPS) is 10.5. The van der Waals surface area contributed by atoms with Crippen molar-refractivity contribution in [3.8, 4) is 0 Å². The van der Waals surface area contributed by atoms with E-state index in [1.807, 2.05) is 18.2 Å². The van der Waals surface area contributed by atoms with Crippen molar-refractivity contribution in [1.82, 2.24) is 9.13 Å². The van der Waals surface area contributed by atoms with Gasteiger partial charge in [0, 0.05) is 20.5 Å². The number of hydrogen-bond donors (Lipinski definition) is 1. The first kappa shape index (κ1) is 13.8. The Morgan fingerprint density at radius 2 is 1.70 bits per heavy atom. The van der Waals surface area contributed by atoms with E-state index in [1.165, 1.54) is 14.1 Å². The lowest BCUT2D eigenvalue weighted by Crippen LogP contribution is -2.41. The van der Waals surface area contributed by atoms with E-state index in [1.54, 1.807) is 12.1 Å². The second-order valence-corrected chi connectivity index (χ2v) is 4.55. The number of Topliss-reactive ketones (excluding diaryl/α,β-unsaturated/α-hetero) is 1. The molecule has 2 rings (SSSR count). The average Bonchev–Trinajstić information content (AvgIpc) is 2.44. The number of nitrogen functional groups attached to an aromatic ring is 1. The Morgan fingerprint density at radius 3 is 2.30 bits per heavy atom. The summed E-state index contributed by atoms with van der Waals surface area (Å²) in [6.07, 6.45) is 0.0679. The molecule has 2 aromatic rings. The summed E-state index contributed by atoms with van der Waals surface area (Å²) in [7, 11) is 2.75. The van der Waals surface area contributed by atoms with Crippen LogP contribution in [-0.4, -0.2) is 14.9 Å². The van der Waals surface area contributed by atoms with Crippen molar-refractivity contribution in [2.75, 3.05) is 5.73 Å². The van der Waals surface area contributed by atoms with Crippen LogP contribution in [-0.2, 0) is 20.5 Å². The topological polar surface area (TPSA) is 87.1 Å². The molecule has 0 fully saturated rings. The van der Waals surface area contributed by atoms with E-state index in [0.29, 0.717) is 0 Å². The number of benzene rings is 1. The minimum atomic E-state index is -0.661. The minimum absolute atomic E-state index is 0.0679. The van der Waals surface area contributed by atoms with Crippen molar-refractivity contribution in [3.05, 3.63) is 62.3 Å². The molecule has 0 atom stereocenters. The second kappa shape index (κ2) is 5.16. The van der Waals surface area contributed by atoms with Crippen molar-refractivity contribution in [2.45, 2.75) is 6.42 Å². The van der Waals surface area contributed by atoms with Crippen LogP contribution < -0.4 is 17.0 Å². The van der Waals surface area contributed by atoms with Gasteiger partial charge in [-0.1, -0.05) is 30.3 Å². The lowest BCUT2D eigenvalue weighted by molar-refractivity contribution is 0.0991. The molecule has 6 nitrogen and oxygen atoms in total. The number of aromatic nitrogens is 2. The van der Waals surface area contributed by atoms with Crippen LogP contribution in [0.5, 0.6) is 0 Å². The molecule has 1 heterocycles. The van der Waals surface area contributed by atoms with Crippen LogP contribution in [0.15, 0.2) is 39.9 Å². The van der Waals surface area contributed by atoms with E-state index < -0.39 is 17.0 Å². The van der Waals surface area contributed by atoms with Crippen LogP contribution in [0.2, 0.25) is 0 Å². The maximum absolute atomic E-state index is 12.3. The van der Waals surface area contributed by atoms with Gasteiger partial charge in [0.1, 0.15) is 11.4 Å². The fraction of sp³-hybridized carbons (Fsp3) is 0.214. The molecule has 0 aliphatic rings. The number of nitrogens with zero attached hydrogens (tertiary/aromatic N) is 2. The number of carbonyl (C=O) groups excluding carboxylic acids is 1. The molecule has 0 spiro atoms. The van der Waals surface area contributed by atoms with Crippen molar-refractivity contribution < 1.29 is 4.79 Å². The van der Waals surface area contributed by atoms with Gasteiger partial charge in [0.25, 0.3) is 5.56 Å². The Labute approximate surface area is 115 Å². The summed E-state index contributed by atoms with van der Waals surface area (Å²) >= 11 is 0. The molecular weight excluding hydrogens is 258 g/mol. The van der Waals surface area contributed by atoms with Gasteiger partial charge in [-0.2, -0.15) is 0 Å².